The first-order valence-corrected chi connectivity index (χ1v) is 11.8. The van der Waals surface area contributed by atoms with Crippen LogP contribution in [0.4, 0.5) is 0 Å². The highest BCUT2D eigenvalue weighted by atomic mass is 127. The Morgan fingerprint density at radius 3 is 1.78 bits per heavy atom. The lowest BCUT2D eigenvalue weighted by atomic mass is 10.1. The predicted octanol–water partition coefficient (Wildman–Crippen LogP) is 5.83. The van der Waals surface area contributed by atoms with Crippen LogP contribution in [0.2, 0.25) is 0 Å². The molecule has 1 nitrogen and oxygen atoms in total. The number of fused-ring (bicyclic) bond motifs is 3. The van der Waals surface area contributed by atoms with E-state index in [4.69, 9.17) is 5.11 Å². The van der Waals surface area contributed by atoms with Crippen molar-refractivity contribution in [1.82, 2.24) is 0 Å². The first kappa shape index (κ1) is 15.2. The quantitative estimate of drug-likeness (QED) is 0.516. The fraction of sp³-hybridized carbons (Fsp3) is 0.100. The Labute approximate surface area is 150 Å². The smallest absolute Gasteiger partial charge is 0.0471 e. The van der Waals surface area contributed by atoms with Gasteiger partial charge in [-0.25, -0.2) is 0 Å². The van der Waals surface area contributed by atoms with Gasteiger partial charge in [-0.2, -0.15) is 0 Å². The van der Waals surface area contributed by atoms with E-state index in [0.717, 1.165) is 6.42 Å². The lowest BCUT2D eigenvalue weighted by Gasteiger charge is -2.31. The summed E-state index contributed by atoms with van der Waals surface area (Å²) in [6.07, 6.45) is 0.719. The minimum absolute atomic E-state index is 0.202. The molecule has 3 heteroatoms. The zero-order valence-electron chi connectivity index (χ0n) is 12.6. The van der Waals surface area contributed by atoms with Crippen molar-refractivity contribution in [3.63, 3.8) is 0 Å². The molecule has 3 aromatic carbocycles. The van der Waals surface area contributed by atoms with E-state index in [1.165, 1.54) is 31.4 Å². The molecule has 4 rings (SSSR count). The maximum atomic E-state index is 9.12. The van der Waals surface area contributed by atoms with Crippen LogP contribution in [0.25, 0.3) is 11.1 Å². The van der Waals surface area contributed by atoms with E-state index >= 15 is 0 Å². The summed E-state index contributed by atoms with van der Waals surface area (Å²) < 4.78 is 0. The molecule has 0 aromatic heterocycles. The molecule has 0 bridgehead atoms. The third-order valence-electron chi connectivity index (χ3n) is 4.32. The molecule has 0 saturated heterocycles. The minimum Gasteiger partial charge on any atom is -0.396 e. The van der Waals surface area contributed by atoms with Crippen LogP contribution in [0.5, 0.6) is 0 Å². The van der Waals surface area contributed by atoms with E-state index in [1.807, 2.05) is 0 Å². The summed E-state index contributed by atoms with van der Waals surface area (Å²) in [7, 11) is -1.23. The number of rotatable bonds is 3. The van der Waals surface area contributed by atoms with Gasteiger partial charge in [0.15, 0.2) is 0 Å². The number of hydrogen-bond donors (Lipinski definition) is 1. The summed E-state index contributed by atoms with van der Waals surface area (Å²) in [5.74, 6) is 0. The molecule has 0 spiro atoms. The average molecular weight is 432 g/mol. The largest absolute Gasteiger partial charge is 0.396 e. The third-order valence-corrected chi connectivity index (χ3v) is 11.5. The second-order valence-corrected chi connectivity index (χ2v) is 12.0. The second-order valence-electron chi connectivity index (χ2n) is 5.65. The summed E-state index contributed by atoms with van der Waals surface area (Å²) in [6, 6.07) is 26.4. The van der Waals surface area contributed by atoms with E-state index in [2.05, 4.69) is 94.0 Å². The topological polar surface area (TPSA) is 20.2 Å². The van der Waals surface area contributed by atoms with Crippen molar-refractivity contribution in [3.8, 4) is 11.1 Å². The number of aliphatic hydroxyl groups excluding tert-OH is 1. The number of halogens is 1. The van der Waals surface area contributed by atoms with Crippen molar-refractivity contribution in [2.24, 2.45) is 0 Å². The standard InChI is InChI=1S/C20H17IOS/c21-23(16-11-9-15(10-12-16)13-14-22)19-7-3-1-5-17(19)18-6-2-4-8-20(18)23/h1-12,22H,13-14H2. The molecule has 23 heavy (non-hydrogen) atoms. The van der Waals surface area contributed by atoms with Gasteiger partial charge in [0, 0.05) is 21.3 Å². The Morgan fingerprint density at radius 1 is 0.739 bits per heavy atom. The third kappa shape index (κ3) is 2.33. The lowest BCUT2D eigenvalue weighted by Crippen LogP contribution is -1.94. The monoisotopic (exact) mass is 432 g/mol. The highest BCUT2D eigenvalue weighted by Crippen LogP contribution is 2.80. The van der Waals surface area contributed by atoms with Crippen molar-refractivity contribution in [2.75, 3.05) is 6.61 Å². The lowest BCUT2D eigenvalue weighted by molar-refractivity contribution is 0.299. The SMILES string of the molecule is OCCc1ccc(S2(I)c3ccccc3-c3ccccc32)cc1. The Kier molecular flexibility index (Phi) is 3.95. The molecule has 1 aliphatic rings. The van der Waals surface area contributed by atoms with Gasteiger partial charge in [-0.05, 0) is 68.6 Å². The van der Waals surface area contributed by atoms with Gasteiger partial charge >= 0.3 is 0 Å². The van der Waals surface area contributed by atoms with Crippen LogP contribution in [0.15, 0.2) is 87.5 Å². The van der Waals surface area contributed by atoms with Crippen LogP contribution < -0.4 is 0 Å². The van der Waals surface area contributed by atoms with Crippen molar-refractivity contribution >= 4 is 28.4 Å². The first-order valence-electron chi connectivity index (χ1n) is 7.66. The molecule has 0 amide bonds. The Balaban J connectivity index is 1.92. The predicted molar refractivity (Wildman–Crippen MR) is 106 cm³/mol. The van der Waals surface area contributed by atoms with E-state index in [-0.39, 0.29) is 6.61 Å². The van der Waals surface area contributed by atoms with Gasteiger partial charge in [-0.15, -0.1) is 7.20 Å². The summed E-state index contributed by atoms with van der Waals surface area (Å²) >= 11 is 2.68. The maximum Gasteiger partial charge on any atom is 0.0471 e. The average Bonchev–Trinajstić information content (AvgIpc) is 2.87. The molecular formula is C20H17IOS. The van der Waals surface area contributed by atoms with E-state index < -0.39 is 7.20 Å². The number of aliphatic hydroxyl groups is 1. The van der Waals surface area contributed by atoms with Gasteiger partial charge in [0.25, 0.3) is 0 Å². The van der Waals surface area contributed by atoms with Gasteiger partial charge in [-0.3, -0.25) is 0 Å². The summed E-state index contributed by atoms with van der Waals surface area (Å²) in [6.45, 7) is 0.202. The highest BCUT2D eigenvalue weighted by Gasteiger charge is 2.37. The summed E-state index contributed by atoms with van der Waals surface area (Å²) in [5, 5.41) is 9.12. The first-order chi connectivity index (χ1) is 11.2. The molecule has 0 atom stereocenters. The molecule has 0 radical (unpaired) electrons. The van der Waals surface area contributed by atoms with Crippen LogP contribution in [-0.2, 0) is 6.42 Å². The van der Waals surface area contributed by atoms with Crippen LogP contribution >= 0.6 is 28.4 Å². The molecule has 0 fully saturated rings. The second kappa shape index (κ2) is 5.96. The number of benzene rings is 3. The van der Waals surface area contributed by atoms with Gasteiger partial charge < -0.3 is 5.11 Å². The van der Waals surface area contributed by atoms with Gasteiger partial charge in [0.05, 0.1) is 0 Å². The van der Waals surface area contributed by atoms with Crippen LogP contribution in [0.3, 0.4) is 0 Å². The molecule has 0 aliphatic carbocycles. The molecule has 0 saturated carbocycles. The zero-order valence-corrected chi connectivity index (χ0v) is 15.5. The molecule has 0 unspecified atom stereocenters. The van der Waals surface area contributed by atoms with Crippen molar-refractivity contribution in [1.29, 1.82) is 0 Å². The van der Waals surface area contributed by atoms with E-state index in [0.29, 0.717) is 0 Å². The molecule has 116 valence electrons. The molecule has 1 heterocycles. The number of hydrogen-bond acceptors (Lipinski definition) is 1. The summed E-state index contributed by atoms with van der Waals surface area (Å²) in [4.78, 5) is 4.26. The van der Waals surface area contributed by atoms with Crippen LogP contribution in [0, 0.1) is 0 Å². The van der Waals surface area contributed by atoms with Crippen LogP contribution in [0.1, 0.15) is 5.56 Å². The molecule has 3 aromatic rings. The molecule has 1 N–H and O–H groups in total. The normalized spacial score (nSPS) is 15.7. The fourth-order valence-corrected chi connectivity index (χ4v) is 9.15. The zero-order chi connectivity index (χ0) is 15.9. The summed E-state index contributed by atoms with van der Waals surface area (Å²) in [5.41, 5.74) is 3.93. The Hall–Kier alpha value is -1.30. The van der Waals surface area contributed by atoms with Gasteiger partial charge in [-0.1, -0.05) is 48.5 Å². The Morgan fingerprint density at radius 2 is 1.26 bits per heavy atom. The molecule has 1 aliphatic heterocycles. The van der Waals surface area contributed by atoms with Gasteiger partial charge in [0.2, 0.25) is 0 Å². The minimum atomic E-state index is -1.23. The van der Waals surface area contributed by atoms with Crippen molar-refractivity contribution in [3.05, 3.63) is 78.4 Å². The van der Waals surface area contributed by atoms with Gasteiger partial charge in [0.1, 0.15) is 0 Å². The highest BCUT2D eigenvalue weighted by molar-refractivity contribution is 14.2. The van der Waals surface area contributed by atoms with Crippen molar-refractivity contribution in [2.45, 2.75) is 21.1 Å². The van der Waals surface area contributed by atoms with E-state index in [9.17, 15) is 0 Å². The molecular weight excluding hydrogens is 415 g/mol. The fourth-order valence-electron chi connectivity index (χ4n) is 3.21. The van der Waals surface area contributed by atoms with E-state index in [1.54, 1.807) is 0 Å². The Bertz CT molecular complexity index is 812. The maximum absolute atomic E-state index is 9.12. The van der Waals surface area contributed by atoms with Crippen LogP contribution in [-0.4, -0.2) is 11.7 Å². The van der Waals surface area contributed by atoms with Crippen molar-refractivity contribution < 1.29 is 5.11 Å².